The molecule has 1 unspecified atom stereocenters. The lowest BCUT2D eigenvalue weighted by Gasteiger charge is -2.21. The van der Waals surface area contributed by atoms with Crippen LogP contribution in [-0.4, -0.2) is 34.5 Å². The molecule has 2 aliphatic heterocycles. The summed E-state index contributed by atoms with van der Waals surface area (Å²) in [5, 5.41) is 0. The number of piperidine rings is 1. The van der Waals surface area contributed by atoms with Crippen molar-refractivity contribution < 1.29 is 0 Å². The fraction of sp³-hybridized carbons (Fsp3) is 0.636. The van der Waals surface area contributed by atoms with Gasteiger partial charge in [-0.1, -0.05) is 0 Å². The van der Waals surface area contributed by atoms with Gasteiger partial charge in [-0.3, -0.25) is 9.97 Å². The molecule has 2 aliphatic rings. The molecule has 0 N–H and O–H groups in total. The van der Waals surface area contributed by atoms with Crippen molar-refractivity contribution in [2.75, 3.05) is 19.6 Å². The van der Waals surface area contributed by atoms with Crippen LogP contribution in [0.25, 0.3) is 0 Å². The predicted molar refractivity (Wildman–Crippen MR) is 54.1 cm³/mol. The van der Waals surface area contributed by atoms with E-state index in [9.17, 15) is 0 Å². The number of aryl methyl sites for hydroxylation is 1. The quantitative estimate of drug-likeness (QED) is 0.665. The van der Waals surface area contributed by atoms with Gasteiger partial charge in [0.2, 0.25) is 0 Å². The van der Waals surface area contributed by atoms with E-state index in [1.54, 1.807) is 0 Å². The van der Waals surface area contributed by atoms with Crippen LogP contribution in [0, 0.1) is 12.8 Å². The number of hydrogen-bond acceptors (Lipinski definition) is 3. The van der Waals surface area contributed by atoms with Gasteiger partial charge in [0.25, 0.3) is 0 Å². The Morgan fingerprint density at radius 3 is 2.93 bits per heavy atom. The van der Waals surface area contributed by atoms with E-state index < -0.39 is 0 Å². The molecule has 2 fully saturated rings. The van der Waals surface area contributed by atoms with Gasteiger partial charge < -0.3 is 4.90 Å². The molecule has 1 aromatic rings. The lowest BCUT2D eigenvalue weighted by molar-refractivity contribution is 0.343. The van der Waals surface area contributed by atoms with E-state index in [2.05, 4.69) is 14.9 Å². The third-order valence-electron chi connectivity index (χ3n) is 3.49. The van der Waals surface area contributed by atoms with Crippen molar-refractivity contribution in [3.63, 3.8) is 0 Å². The van der Waals surface area contributed by atoms with E-state index in [4.69, 9.17) is 0 Å². The van der Waals surface area contributed by atoms with Crippen molar-refractivity contribution >= 4 is 0 Å². The number of hydrogen-bond donors (Lipinski definition) is 0. The molecular weight excluding hydrogens is 174 g/mol. The standard InChI is InChI=1S/C11H15N3/c1-8-4-12-5-11(13-8)10-7-14-3-2-9(10)6-14/h4-5,9-10H,2-3,6-7H2,1H3/t9-,10+/m1/s1. The summed E-state index contributed by atoms with van der Waals surface area (Å²) in [6.07, 6.45) is 5.12. The SMILES string of the molecule is Cc1cncc([C@H]2CN3CC[C@@H]2C3)n1. The molecule has 0 aliphatic carbocycles. The Morgan fingerprint density at radius 2 is 2.29 bits per heavy atom. The second kappa shape index (κ2) is 3.02. The average molecular weight is 189 g/mol. The molecule has 74 valence electrons. The summed E-state index contributed by atoms with van der Waals surface area (Å²) in [4.78, 5) is 11.4. The summed E-state index contributed by atoms with van der Waals surface area (Å²) in [5.41, 5.74) is 2.25. The maximum Gasteiger partial charge on any atom is 0.0636 e. The third kappa shape index (κ3) is 1.23. The minimum atomic E-state index is 0.649. The van der Waals surface area contributed by atoms with Gasteiger partial charge in [-0.15, -0.1) is 0 Å². The second-order valence-electron chi connectivity index (χ2n) is 4.50. The summed E-state index contributed by atoms with van der Waals surface area (Å²) in [5.74, 6) is 1.49. The van der Waals surface area contributed by atoms with E-state index in [0.29, 0.717) is 5.92 Å². The van der Waals surface area contributed by atoms with E-state index in [1.165, 1.54) is 31.7 Å². The Kier molecular flexibility index (Phi) is 1.80. The highest BCUT2D eigenvalue weighted by molar-refractivity contribution is 5.14. The van der Waals surface area contributed by atoms with E-state index in [0.717, 1.165) is 11.6 Å². The van der Waals surface area contributed by atoms with Crippen molar-refractivity contribution in [3.05, 3.63) is 23.8 Å². The van der Waals surface area contributed by atoms with E-state index in [-0.39, 0.29) is 0 Å². The van der Waals surface area contributed by atoms with Crippen LogP contribution in [0.3, 0.4) is 0 Å². The lowest BCUT2D eigenvalue weighted by atomic mass is 9.90. The zero-order valence-electron chi connectivity index (χ0n) is 8.48. The summed E-state index contributed by atoms with van der Waals surface area (Å²) in [6.45, 7) is 5.79. The molecule has 2 saturated heterocycles. The van der Waals surface area contributed by atoms with Gasteiger partial charge in [0.15, 0.2) is 0 Å². The lowest BCUT2D eigenvalue weighted by Crippen LogP contribution is -2.22. The highest BCUT2D eigenvalue weighted by Gasteiger charge is 2.39. The minimum Gasteiger partial charge on any atom is -0.302 e. The molecule has 0 spiro atoms. The van der Waals surface area contributed by atoms with Crippen molar-refractivity contribution in [2.45, 2.75) is 19.3 Å². The molecule has 0 amide bonds. The maximum atomic E-state index is 4.58. The van der Waals surface area contributed by atoms with Crippen LogP contribution in [0.4, 0.5) is 0 Å². The summed E-state index contributed by atoms with van der Waals surface area (Å²) < 4.78 is 0. The van der Waals surface area contributed by atoms with Gasteiger partial charge in [0.05, 0.1) is 11.4 Å². The highest BCUT2D eigenvalue weighted by Crippen LogP contribution is 2.38. The van der Waals surface area contributed by atoms with Gasteiger partial charge in [-0.05, 0) is 25.8 Å². The average Bonchev–Trinajstić information content (AvgIpc) is 2.78. The molecule has 3 atom stereocenters. The van der Waals surface area contributed by atoms with Crippen molar-refractivity contribution in [2.24, 2.45) is 5.92 Å². The first-order valence-corrected chi connectivity index (χ1v) is 5.34. The van der Waals surface area contributed by atoms with Crippen LogP contribution in [0.2, 0.25) is 0 Å². The first-order chi connectivity index (χ1) is 6.83. The molecule has 0 saturated carbocycles. The first kappa shape index (κ1) is 8.36. The van der Waals surface area contributed by atoms with Gasteiger partial charge >= 0.3 is 0 Å². The predicted octanol–water partition coefficient (Wildman–Crippen LogP) is 1.20. The molecule has 1 aromatic heterocycles. The first-order valence-electron chi connectivity index (χ1n) is 5.34. The van der Waals surface area contributed by atoms with Crippen LogP contribution in [0.5, 0.6) is 0 Å². The monoisotopic (exact) mass is 189 g/mol. The second-order valence-corrected chi connectivity index (χ2v) is 4.50. The summed E-state index contributed by atoms with van der Waals surface area (Å²) in [7, 11) is 0. The molecule has 14 heavy (non-hydrogen) atoms. The maximum absolute atomic E-state index is 4.58. The Morgan fingerprint density at radius 1 is 1.36 bits per heavy atom. The highest BCUT2D eigenvalue weighted by atomic mass is 15.2. The van der Waals surface area contributed by atoms with Gasteiger partial charge in [0, 0.05) is 31.4 Å². The Balaban J connectivity index is 1.89. The van der Waals surface area contributed by atoms with Gasteiger partial charge in [-0.2, -0.15) is 0 Å². The third-order valence-corrected chi connectivity index (χ3v) is 3.49. The molecule has 0 radical (unpaired) electrons. The number of rotatable bonds is 1. The molecular formula is C11H15N3. The number of aromatic nitrogens is 2. The zero-order valence-corrected chi connectivity index (χ0v) is 8.48. The largest absolute Gasteiger partial charge is 0.302 e. The fourth-order valence-electron chi connectivity index (χ4n) is 2.78. The van der Waals surface area contributed by atoms with Crippen LogP contribution in [0.15, 0.2) is 12.4 Å². The number of fused-ring (bicyclic) bond motifs is 2. The fourth-order valence-corrected chi connectivity index (χ4v) is 2.78. The van der Waals surface area contributed by atoms with Crippen molar-refractivity contribution in [1.82, 2.24) is 14.9 Å². The zero-order chi connectivity index (χ0) is 9.54. The minimum absolute atomic E-state index is 0.649. The van der Waals surface area contributed by atoms with Gasteiger partial charge in [-0.25, -0.2) is 0 Å². The topological polar surface area (TPSA) is 29.0 Å². The summed E-state index contributed by atoms with van der Waals surface area (Å²) >= 11 is 0. The summed E-state index contributed by atoms with van der Waals surface area (Å²) in [6, 6.07) is 0. The molecule has 3 heterocycles. The Hall–Kier alpha value is -0.960. The van der Waals surface area contributed by atoms with Crippen LogP contribution >= 0.6 is 0 Å². The van der Waals surface area contributed by atoms with E-state index in [1.807, 2.05) is 19.3 Å². The van der Waals surface area contributed by atoms with Crippen LogP contribution in [0.1, 0.15) is 23.7 Å². The molecule has 0 aromatic carbocycles. The molecule has 2 bridgehead atoms. The van der Waals surface area contributed by atoms with E-state index >= 15 is 0 Å². The van der Waals surface area contributed by atoms with Gasteiger partial charge in [0.1, 0.15) is 0 Å². The normalized spacial score (nSPS) is 35.1. The Bertz CT molecular complexity index is 350. The molecule has 3 heteroatoms. The molecule has 3 nitrogen and oxygen atoms in total. The van der Waals surface area contributed by atoms with Crippen LogP contribution in [-0.2, 0) is 0 Å². The Labute approximate surface area is 84.2 Å². The van der Waals surface area contributed by atoms with Crippen molar-refractivity contribution in [3.8, 4) is 0 Å². The molecule has 3 rings (SSSR count). The number of nitrogens with zero attached hydrogens (tertiary/aromatic N) is 3. The van der Waals surface area contributed by atoms with Crippen molar-refractivity contribution in [1.29, 1.82) is 0 Å². The smallest absolute Gasteiger partial charge is 0.0636 e. The van der Waals surface area contributed by atoms with Crippen LogP contribution < -0.4 is 0 Å².